The fraction of sp³-hybridized carbons (Fsp3) is 0.262. The van der Waals surface area contributed by atoms with E-state index in [4.69, 9.17) is 0 Å². The smallest absolute Gasteiger partial charge is 0.252 e. The van der Waals surface area contributed by atoms with Gasteiger partial charge in [0.2, 0.25) is 0 Å². The summed E-state index contributed by atoms with van der Waals surface area (Å²) in [5.41, 5.74) is 23.9. The highest BCUT2D eigenvalue weighted by atomic mass is 32.1. The van der Waals surface area contributed by atoms with E-state index in [1.54, 1.807) is 0 Å². The fourth-order valence-electron chi connectivity index (χ4n) is 13.7. The van der Waals surface area contributed by atoms with Gasteiger partial charge in [0.1, 0.15) is 0 Å². The lowest BCUT2D eigenvalue weighted by Gasteiger charge is -2.46. The largest absolute Gasteiger partial charge is 0.311 e. The van der Waals surface area contributed by atoms with Crippen LogP contribution in [0.5, 0.6) is 0 Å². The van der Waals surface area contributed by atoms with E-state index in [0.717, 1.165) is 23.5 Å². The minimum absolute atomic E-state index is 0.00267. The summed E-state index contributed by atoms with van der Waals surface area (Å²) in [6.45, 7) is 24.4. The first-order valence-electron chi connectivity index (χ1n) is 25.5. The molecule has 0 unspecified atom stereocenters. The number of thiophene rings is 1. The highest BCUT2D eigenvalue weighted by Gasteiger charge is 2.49. The van der Waals surface area contributed by atoms with Crippen LogP contribution in [0.25, 0.3) is 20.2 Å². The number of fused-ring (bicyclic) bond motifs is 9. The molecule has 13 rings (SSSR count). The molecule has 9 aromatic rings. The van der Waals surface area contributed by atoms with Crippen LogP contribution >= 0.6 is 11.3 Å². The second-order valence-electron chi connectivity index (χ2n) is 23.7. The predicted octanol–water partition coefficient (Wildman–Crippen LogP) is 16.5. The second kappa shape index (κ2) is 15.0. The number of benzene rings is 8. The van der Waals surface area contributed by atoms with E-state index in [2.05, 4.69) is 242 Å². The molecule has 0 atom stereocenters. The van der Waals surface area contributed by atoms with Crippen molar-refractivity contribution in [1.82, 2.24) is 0 Å². The number of para-hydroxylation sites is 2. The van der Waals surface area contributed by atoms with Crippen LogP contribution in [0.1, 0.15) is 108 Å². The van der Waals surface area contributed by atoms with E-state index >= 15 is 0 Å². The molecule has 4 aliphatic rings. The zero-order valence-corrected chi connectivity index (χ0v) is 43.3. The third kappa shape index (κ3) is 6.39. The van der Waals surface area contributed by atoms with Gasteiger partial charge in [0.25, 0.3) is 6.71 Å². The summed E-state index contributed by atoms with van der Waals surface area (Å²) in [7, 11) is 0. The average Bonchev–Trinajstić information content (AvgIpc) is 3.79. The van der Waals surface area contributed by atoms with E-state index in [0.29, 0.717) is 0 Å². The molecule has 3 nitrogen and oxygen atoms in total. The Morgan fingerprint density at radius 2 is 1.00 bits per heavy atom. The zero-order chi connectivity index (χ0) is 48.2. The third-order valence-corrected chi connectivity index (χ3v) is 18.1. The Balaban J connectivity index is 1.13. The molecule has 2 aliphatic heterocycles. The van der Waals surface area contributed by atoms with Gasteiger partial charge in [-0.2, -0.15) is 0 Å². The molecule has 0 amide bonds. The van der Waals surface area contributed by atoms with Gasteiger partial charge in [-0.3, -0.25) is 0 Å². The molecule has 3 heterocycles. The highest BCUT2D eigenvalue weighted by molar-refractivity contribution is 7.25. The molecule has 346 valence electrons. The Morgan fingerprint density at radius 3 is 1.69 bits per heavy atom. The number of hydrogen-bond donors (Lipinski definition) is 0. The second-order valence-corrected chi connectivity index (χ2v) is 24.8. The molecule has 0 N–H and O–H groups in total. The van der Waals surface area contributed by atoms with Crippen molar-refractivity contribution in [2.24, 2.45) is 0 Å². The maximum absolute atomic E-state index is 2.71. The average molecular weight is 928 g/mol. The Morgan fingerprint density at radius 1 is 0.443 bits per heavy atom. The van der Waals surface area contributed by atoms with Gasteiger partial charge in [-0.25, -0.2) is 0 Å². The van der Waals surface area contributed by atoms with Crippen LogP contribution in [-0.2, 0) is 21.7 Å². The lowest BCUT2D eigenvalue weighted by molar-refractivity contribution is 0.332. The molecular formula is C65H62BN3S. The minimum Gasteiger partial charge on any atom is -0.311 e. The maximum Gasteiger partial charge on any atom is 0.252 e. The van der Waals surface area contributed by atoms with Gasteiger partial charge in [-0.05, 0) is 189 Å². The van der Waals surface area contributed by atoms with E-state index < -0.39 is 0 Å². The number of hydrogen-bond acceptors (Lipinski definition) is 4. The lowest BCUT2D eigenvalue weighted by Crippen LogP contribution is -2.61. The Hall–Kier alpha value is -6.56. The van der Waals surface area contributed by atoms with Crippen LogP contribution in [0.4, 0.5) is 51.2 Å². The summed E-state index contributed by atoms with van der Waals surface area (Å²) < 4.78 is 2.64. The van der Waals surface area contributed by atoms with Crippen molar-refractivity contribution in [3.63, 3.8) is 0 Å². The molecule has 0 bridgehead atoms. The molecule has 1 aromatic heterocycles. The van der Waals surface area contributed by atoms with Crippen LogP contribution in [0.3, 0.4) is 0 Å². The molecule has 2 aliphatic carbocycles. The summed E-state index contributed by atoms with van der Waals surface area (Å²) in [4.78, 5) is 7.75. The fourth-order valence-corrected chi connectivity index (χ4v) is 14.7. The minimum atomic E-state index is 0.00267. The van der Waals surface area contributed by atoms with Crippen LogP contribution in [-0.4, -0.2) is 6.71 Å². The molecule has 0 saturated heterocycles. The van der Waals surface area contributed by atoms with Gasteiger partial charge in [-0.15, -0.1) is 11.3 Å². The lowest BCUT2D eigenvalue weighted by atomic mass is 9.33. The van der Waals surface area contributed by atoms with E-state index in [1.807, 2.05) is 11.3 Å². The predicted molar refractivity (Wildman–Crippen MR) is 303 cm³/mol. The van der Waals surface area contributed by atoms with Crippen LogP contribution in [0.2, 0.25) is 0 Å². The van der Waals surface area contributed by atoms with Gasteiger partial charge >= 0.3 is 0 Å². The summed E-state index contributed by atoms with van der Waals surface area (Å²) in [5, 5.41) is 2.62. The molecule has 0 radical (unpaired) electrons. The molecule has 8 aromatic carbocycles. The number of aryl methyl sites for hydroxylation is 2. The van der Waals surface area contributed by atoms with E-state index in [1.165, 1.54) is 117 Å². The van der Waals surface area contributed by atoms with Crippen molar-refractivity contribution >= 4 is 106 Å². The summed E-state index contributed by atoms with van der Waals surface area (Å²) in [6.07, 6.45) is 3.48. The molecule has 0 spiro atoms. The SMILES string of the molecule is Cc1cc2c3c(c1)N(c1cc4c(cc1C)C(C)(C)CCC4(C)C)c1cc4c(cc1B3c1ccc(N(c3ccccc3)c3ccccc3)cc1N2c1ccc2sc3ccccc3c2c1)C(C)(C)CC4(C)C. The Bertz CT molecular complexity index is 3600. The molecule has 0 saturated carbocycles. The summed E-state index contributed by atoms with van der Waals surface area (Å²) in [5.74, 6) is 0. The topological polar surface area (TPSA) is 9.72 Å². The number of rotatable bonds is 5. The Labute approximate surface area is 419 Å². The third-order valence-electron chi connectivity index (χ3n) is 17.0. The molecule has 0 fully saturated rings. The first-order chi connectivity index (χ1) is 33.5. The number of anilines is 9. The van der Waals surface area contributed by atoms with Gasteiger partial charge in [0.05, 0.1) is 0 Å². The van der Waals surface area contributed by atoms with Crippen LogP contribution < -0.4 is 31.1 Å². The molecule has 70 heavy (non-hydrogen) atoms. The van der Waals surface area contributed by atoms with E-state index in [-0.39, 0.29) is 28.4 Å². The van der Waals surface area contributed by atoms with E-state index in [9.17, 15) is 0 Å². The standard InChI is InChI=1S/C65H62BN3S/c1-40-31-57-61-58(32-40)69(54-37-50-48(33-41(54)2)62(3,4)29-30-63(50,5)6)56-38-51-49(64(7,8)39-65(51,9)10)36-53(56)66(61)52-27-25-45(67(42-19-13-11-14-20-42)43-21-15-12-16-22-43)35-55(52)68(57)44-26-28-60-47(34-44)46-23-17-18-24-59(46)70-60/h11-28,31-38H,29-30,39H2,1-10H3. The normalized spacial score (nSPS) is 17.5. The van der Waals surface area contributed by atoms with Gasteiger partial charge < -0.3 is 14.7 Å². The molecule has 5 heteroatoms. The van der Waals surface area contributed by atoms with Gasteiger partial charge in [0.15, 0.2) is 0 Å². The maximum atomic E-state index is 2.71. The van der Waals surface area contributed by atoms with Crippen molar-refractivity contribution < 1.29 is 0 Å². The highest BCUT2D eigenvalue weighted by Crippen LogP contribution is 2.55. The van der Waals surface area contributed by atoms with Crippen molar-refractivity contribution in [3.05, 3.63) is 191 Å². The van der Waals surface area contributed by atoms with Crippen LogP contribution in [0, 0.1) is 13.8 Å². The zero-order valence-electron chi connectivity index (χ0n) is 42.5. The summed E-state index contributed by atoms with van der Waals surface area (Å²) in [6, 6.07) is 60.7. The van der Waals surface area contributed by atoms with Crippen LogP contribution in [0.15, 0.2) is 158 Å². The monoisotopic (exact) mass is 927 g/mol. The Kier molecular flexibility index (Phi) is 9.30. The quantitative estimate of drug-likeness (QED) is 0.159. The van der Waals surface area contributed by atoms with Crippen molar-refractivity contribution in [2.75, 3.05) is 14.7 Å². The van der Waals surface area contributed by atoms with Gasteiger partial charge in [-0.1, -0.05) is 128 Å². The number of nitrogens with zero attached hydrogens (tertiary/aromatic N) is 3. The van der Waals surface area contributed by atoms with Crippen molar-refractivity contribution in [3.8, 4) is 0 Å². The first kappa shape index (κ1) is 43.5. The first-order valence-corrected chi connectivity index (χ1v) is 26.4. The van der Waals surface area contributed by atoms with Crippen molar-refractivity contribution in [2.45, 2.75) is 110 Å². The summed E-state index contributed by atoms with van der Waals surface area (Å²) >= 11 is 1.89. The van der Waals surface area contributed by atoms with Gasteiger partial charge in [0, 0.05) is 71.4 Å². The molecular weight excluding hydrogens is 866 g/mol. The van der Waals surface area contributed by atoms with Crippen molar-refractivity contribution in [1.29, 1.82) is 0 Å².